The van der Waals surface area contributed by atoms with Crippen molar-refractivity contribution in [2.75, 3.05) is 0 Å². The first-order valence-corrected chi connectivity index (χ1v) is 8.58. The quantitative estimate of drug-likeness (QED) is 0.801. The van der Waals surface area contributed by atoms with Gasteiger partial charge in [0, 0.05) is 19.1 Å². The SMILES string of the molecule is CC1CCC(N(C(=O)c2cc(Cl)c(Cl)n2C)C2CC2)CC1. The van der Waals surface area contributed by atoms with Gasteiger partial charge in [-0.2, -0.15) is 0 Å². The highest BCUT2D eigenvalue weighted by Crippen LogP contribution is 2.37. The molecule has 2 aliphatic rings. The average Bonchev–Trinajstić information content (AvgIpc) is 3.26. The van der Waals surface area contributed by atoms with Crippen LogP contribution in [-0.4, -0.2) is 27.5 Å². The van der Waals surface area contributed by atoms with E-state index in [4.69, 9.17) is 23.2 Å². The Bertz CT molecular complexity index is 543. The van der Waals surface area contributed by atoms with Crippen LogP contribution in [0.4, 0.5) is 0 Å². The van der Waals surface area contributed by atoms with Gasteiger partial charge in [-0.15, -0.1) is 0 Å². The van der Waals surface area contributed by atoms with Crippen molar-refractivity contribution in [1.82, 2.24) is 9.47 Å². The fraction of sp³-hybridized carbons (Fsp3) is 0.688. The average molecular weight is 329 g/mol. The van der Waals surface area contributed by atoms with Crippen LogP contribution < -0.4 is 0 Å². The van der Waals surface area contributed by atoms with Gasteiger partial charge >= 0.3 is 0 Å². The molecular weight excluding hydrogens is 307 g/mol. The van der Waals surface area contributed by atoms with Crippen molar-refractivity contribution in [3.05, 3.63) is 21.9 Å². The smallest absolute Gasteiger partial charge is 0.271 e. The molecule has 0 saturated heterocycles. The lowest BCUT2D eigenvalue weighted by atomic mass is 9.86. The second-order valence-corrected chi connectivity index (χ2v) is 7.35. The van der Waals surface area contributed by atoms with Gasteiger partial charge in [0.05, 0.1) is 5.02 Å². The summed E-state index contributed by atoms with van der Waals surface area (Å²) in [4.78, 5) is 15.1. The van der Waals surface area contributed by atoms with Crippen molar-refractivity contribution < 1.29 is 4.79 Å². The maximum absolute atomic E-state index is 13.0. The zero-order valence-corrected chi connectivity index (χ0v) is 14.1. The van der Waals surface area contributed by atoms with E-state index in [0.717, 1.165) is 31.6 Å². The van der Waals surface area contributed by atoms with Crippen LogP contribution in [-0.2, 0) is 7.05 Å². The summed E-state index contributed by atoms with van der Waals surface area (Å²) < 4.78 is 1.70. The van der Waals surface area contributed by atoms with Gasteiger partial charge in [-0.25, -0.2) is 0 Å². The number of hydrogen-bond acceptors (Lipinski definition) is 1. The summed E-state index contributed by atoms with van der Waals surface area (Å²) in [6.07, 6.45) is 6.93. The minimum atomic E-state index is 0.0911. The van der Waals surface area contributed by atoms with Crippen molar-refractivity contribution in [1.29, 1.82) is 0 Å². The standard InChI is InChI=1S/C16H22Cl2N2O/c1-10-3-5-11(6-4-10)20(12-7-8-12)16(21)14-9-13(17)15(18)19(14)2/h9-12H,3-8H2,1-2H3. The van der Waals surface area contributed by atoms with E-state index in [1.54, 1.807) is 17.7 Å². The Morgan fingerprint density at radius 2 is 1.67 bits per heavy atom. The molecule has 0 radical (unpaired) electrons. The summed E-state index contributed by atoms with van der Waals surface area (Å²) in [6.45, 7) is 2.30. The Kier molecular flexibility index (Phi) is 4.24. The van der Waals surface area contributed by atoms with Crippen LogP contribution in [0.15, 0.2) is 6.07 Å². The number of hydrogen-bond donors (Lipinski definition) is 0. The number of amides is 1. The zero-order valence-electron chi connectivity index (χ0n) is 12.6. The van der Waals surface area contributed by atoms with Crippen LogP contribution in [0.2, 0.25) is 10.2 Å². The summed E-state index contributed by atoms with van der Waals surface area (Å²) in [6, 6.07) is 2.50. The second-order valence-electron chi connectivity index (χ2n) is 6.58. The Morgan fingerprint density at radius 3 is 2.10 bits per heavy atom. The summed E-state index contributed by atoms with van der Waals surface area (Å²) >= 11 is 12.2. The topological polar surface area (TPSA) is 25.2 Å². The molecule has 2 saturated carbocycles. The lowest BCUT2D eigenvalue weighted by Crippen LogP contribution is -2.44. The van der Waals surface area contributed by atoms with E-state index >= 15 is 0 Å². The Labute approximate surface area is 136 Å². The number of rotatable bonds is 3. The molecule has 1 aromatic heterocycles. The largest absolute Gasteiger partial charge is 0.331 e. The van der Waals surface area contributed by atoms with E-state index in [0.29, 0.717) is 28.0 Å². The van der Waals surface area contributed by atoms with Gasteiger partial charge in [0.2, 0.25) is 0 Å². The predicted octanol–water partition coefficient (Wildman–Crippen LogP) is 4.52. The molecule has 3 rings (SSSR count). The number of halogens is 2. The molecule has 0 N–H and O–H groups in total. The molecular formula is C16H22Cl2N2O. The number of carbonyl (C=O) groups is 1. The first kappa shape index (κ1) is 15.2. The van der Waals surface area contributed by atoms with Gasteiger partial charge in [-0.05, 0) is 50.5 Å². The molecule has 0 aliphatic heterocycles. The minimum Gasteiger partial charge on any atom is -0.331 e. The van der Waals surface area contributed by atoms with Crippen LogP contribution in [0.25, 0.3) is 0 Å². The highest BCUT2D eigenvalue weighted by atomic mass is 35.5. The molecule has 2 aliphatic carbocycles. The van der Waals surface area contributed by atoms with E-state index in [1.807, 2.05) is 0 Å². The molecule has 1 amide bonds. The molecule has 0 spiro atoms. The Hall–Kier alpha value is -0.670. The number of carbonyl (C=O) groups excluding carboxylic acids is 1. The molecule has 1 aromatic rings. The van der Waals surface area contributed by atoms with Gasteiger partial charge in [0.15, 0.2) is 0 Å². The summed E-state index contributed by atoms with van der Waals surface area (Å²) in [7, 11) is 1.80. The molecule has 5 heteroatoms. The Morgan fingerprint density at radius 1 is 1.14 bits per heavy atom. The maximum Gasteiger partial charge on any atom is 0.271 e. The van der Waals surface area contributed by atoms with E-state index in [1.165, 1.54) is 12.8 Å². The molecule has 3 nitrogen and oxygen atoms in total. The number of aromatic nitrogens is 1. The fourth-order valence-corrected chi connectivity index (χ4v) is 3.76. The second kappa shape index (κ2) is 5.85. The predicted molar refractivity (Wildman–Crippen MR) is 86.0 cm³/mol. The van der Waals surface area contributed by atoms with Crippen molar-refractivity contribution in [2.24, 2.45) is 13.0 Å². The van der Waals surface area contributed by atoms with E-state index in [-0.39, 0.29) is 5.91 Å². The molecule has 0 unspecified atom stereocenters. The molecule has 116 valence electrons. The first-order valence-electron chi connectivity index (χ1n) is 7.82. The van der Waals surface area contributed by atoms with Crippen LogP contribution in [0, 0.1) is 5.92 Å². The molecule has 21 heavy (non-hydrogen) atoms. The molecule has 0 atom stereocenters. The van der Waals surface area contributed by atoms with Crippen molar-refractivity contribution in [3.8, 4) is 0 Å². The van der Waals surface area contributed by atoms with Crippen molar-refractivity contribution >= 4 is 29.1 Å². The minimum absolute atomic E-state index is 0.0911. The van der Waals surface area contributed by atoms with Crippen LogP contribution in [0.1, 0.15) is 55.9 Å². The molecule has 1 heterocycles. The Balaban J connectivity index is 1.83. The summed E-state index contributed by atoms with van der Waals surface area (Å²) in [5.41, 5.74) is 0.607. The fourth-order valence-electron chi connectivity index (χ4n) is 3.38. The van der Waals surface area contributed by atoms with Crippen LogP contribution in [0.5, 0.6) is 0 Å². The summed E-state index contributed by atoms with van der Waals surface area (Å²) in [5, 5.41) is 0.892. The molecule has 0 bridgehead atoms. The van der Waals surface area contributed by atoms with Crippen LogP contribution in [0.3, 0.4) is 0 Å². The van der Waals surface area contributed by atoms with Gasteiger partial charge in [-0.1, -0.05) is 30.1 Å². The van der Waals surface area contributed by atoms with E-state index in [9.17, 15) is 4.79 Å². The maximum atomic E-state index is 13.0. The first-order chi connectivity index (χ1) is 9.99. The highest BCUT2D eigenvalue weighted by molar-refractivity contribution is 6.41. The van der Waals surface area contributed by atoms with Gasteiger partial charge in [0.1, 0.15) is 10.8 Å². The lowest BCUT2D eigenvalue weighted by molar-refractivity contribution is 0.0583. The van der Waals surface area contributed by atoms with Crippen molar-refractivity contribution in [2.45, 2.75) is 57.5 Å². The number of nitrogens with zero attached hydrogens (tertiary/aromatic N) is 2. The monoisotopic (exact) mass is 328 g/mol. The van der Waals surface area contributed by atoms with Gasteiger partial charge < -0.3 is 9.47 Å². The van der Waals surface area contributed by atoms with E-state index in [2.05, 4.69) is 11.8 Å². The third kappa shape index (κ3) is 2.95. The molecule has 2 fully saturated rings. The lowest BCUT2D eigenvalue weighted by Gasteiger charge is -2.36. The van der Waals surface area contributed by atoms with Crippen molar-refractivity contribution in [3.63, 3.8) is 0 Å². The van der Waals surface area contributed by atoms with Crippen LogP contribution >= 0.6 is 23.2 Å². The van der Waals surface area contributed by atoms with Gasteiger partial charge in [-0.3, -0.25) is 4.79 Å². The van der Waals surface area contributed by atoms with Gasteiger partial charge in [0.25, 0.3) is 5.91 Å². The highest BCUT2D eigenvalue weighted by Gasteiger charge is 2.39. The van der Waals surface area contributed by atoms with E-state index < -0.39 is 0 Å². The third-order valence-corrected chi connectivity index (χ3v) is 5.73. The third-order valence-electron chi connectivity index (χ3n) is 4.89. The molecule has 0 aromatic carbocycles. The summed E-state index contributed by atoms with van der Waals surface area (Å²) in [5.74, 6) is 0.879. The zero-order chi connectivity index (χ0) is 15.1. The normalized spacial score (nSPS) is 25.9.